The van der Waals surface area contributed by atoms with Crippen molar-refractivity contribution in [2.24, 2.45) is 0 Å². The van der Waals surface area contributed by atoms with E-state index >= 15 is 0 Å². The predicted octanol–water partition coefficient (Wildman–Crippen LogP) is 13.3. The highest BCUT2D eigenvalue weighted by Gasteiger charge is 2.41. The first kappa shape index (κ1) is 36.9. The predicted molar refractivity (Wildman–Crippen MR) is 277 cm³/mol. The number of aromatic nitrogens is 2. The molecular formula is C60H40N2SSi. The van der Waals surface area contributed by atoms with Gasteiger partial charge in [0.25, 0.3) is 0 Å². The van der Waals surface area contributed by atoms with Crippen LogP contribution in [0.3, 0.4) is 0 Å². The summed E-state index contributed by atoms with van der Waals surface area (Å²) in [5, 5.41) is 13.1. The Morgan fingerprint density at radius 2 is 0.750 bits per heavy atom. The summed E-state index contributed by atoms with van der Waals surface area (Å²) in [6.07, 6.45) is 0. The molecule has 3 heterocycles. The summed E-state index contributed by atoms with van der Waals surface area (Å²) in [5.74, 6) is 0. The summed E-state index contributed by atoms with van der Waals surface area (Å²) in [6.45, 7) is 0. The molecule has 3 aromatic heterocycles. The maximum Gasteiger partial charge on any atom is 0.179 e. The molecule has 64 heavy (non-hydrogen) atoms. The van der Waals surface area contributed by atoms with Crippen LogP contribution in [0.15, 0.2) is 243 Å². The third-order valence-electron chi connectivity index (χ3n) is 13.5. The van der Waals surface area contributed by atoms with Crippen molar-refractivity contribution in [2.75, 3.05) is 0 Å². The lowest BCUT2D eigenvalue weighted by atomic mass is 10.0. The first-order valence-corrected chi connectivity index (χ1v) is 24.8. The minimum Gasteiger partial charge on any atom is -0.309 e. The molecule has 13 aromatic rings. The Morgan fingerprint density at radius 3 is 1.36 bits per heavy atom. The summed E-state index contributed by atoms with van der Waals surface area (Å²) in [7, 11) is -2.71. The minimum atomic E-state index is -2.71. The molecule has 0 atom stereocenters. The van der Waals surface area contributed by atoms with E-state index in [9.17, 15) is 0 Å². The van der Waals surface area contributed by atoms with Gasteiger partial charge < -0.3 is 9.13 Å². The van der Waals surface area contributed by atoms with E-state index in [1.165, 1.54) is 107 Å². The van der Waals surface area contributed by atoms with Gasteiger partial charge >= 0.3 is 0 Å². The Morgan fingerprint density at radius 1 is 0.297 bits per heavy atom. The highest BCUT2D eigenvalue weighted by Crippen LogP contribution is 2.44. The fourth-order valence-electron chi connectivity index (χ4n) is 10.8. The summed E-state index contributed by atoms with van der Waals surface area (Å²) in [4.78, 5) is 0. The molecule has 0 fully saturated rings. The smallest absolute Gasteiger partial charge is 0.179 e. The van der Waals surface area contributed by atoms with E-state index in [4.69, 9.17) is 0 Å². The van der Waals surface area contributed by atoms with Crippen molar-refractivity contribution in [3.63, 3.8) is 0 Å². The molecule has 13 rings (SSSR count). The molecule has 0 saturated carbocycles. The van der Waals surface area contributed by atoms with Crippen LogP contribution in [-0.4, -0.2) is 17.2 Å². The lowest BCUT2D eigenvalue weighted by Gasteiger charge is -2.34. The highest BCUT2D eigenvalue weighted by atomic mass is 32.1. The number of fused-ring (bicyclic) bond motifs is 9. The van der Waals surface area contributed by atoms with E-state index in [1.54, 1.807) is 0 Å². The molecule has 0 radical (unpaired) electrons. The highest BCUT2D eigenvalue weighted by molar-refractivity contribution is 7.26. The van der Waals surface area contributed by atoms with Crippen LogP contribution in [0.2, 0.25) is 0 Å². The van der Waals surface area contributed by atoms with Crippen LogP contribution in [0.5, 0.6) is 0 Å². The van der Waals surface area contributed by atoms with Crippen LogP contribution in [-0.2, 0) is 0 Å². The Kier molecular flexibility index (Phi) is 8.45. The lowest BCUT2D eigenvalue weighted by Crippen LogP contribution is -2.74. The van der Waals surface area contributed by atoms with E-state index in [2.05, 4.69) is 252 Å². The van der Waals surface area contributed by atoms with Crippen molar-refractivity contribution in [1.82, 2.24) is 9.13 Å². The van der Waals surface area contributed by atoms with Crippen LogP contribution in [0.1, 0.15) is 0 Å². The fraction of sp³-hybridized carbons (Fsp3) is 0. The van der Waals surface area contributed by atoms with E-state index in [-0.39, 0.29) is 0 Å². The zero-order chi connectivity index (χ0) is 42.2. The Hall–Kier alpha value is -7.76. The third-order valence-corrected chi connectivity index (χ3v) is 19.5. The van der Waals surface area contributed by atoms with Crippen molar-refractivity contribution in [3.05, 3.63) is 243 Å². The molecular weight excluding hydrogens is 809 g/mol. The topological polar surface area (TPSA) is 9.86 Å². The Bertz CT molecular complexity index is 3750. The van der Waals surface area contributed by atoms with Crippen LogP contribution in [0.25, 0.3) is 86.3 Å². The molecule has 0 N–H and O–H groups in total. The average molecular weight is 849 g/mol. The van der Waals surface area contributed by atoms with Gasteiger partial charge in [0.1, 0.15) is 0 Å². The van der Waals surface area contributed by atoms with Gasteiger partial charge in [0.2, 0.25) is 0 Å². The van der Waals surface area contributed by atoms with Crippen molar-refractivity contribution in [2.45, 2.75) is 0 Å². The Labute approximate surface area is 376 Å². The number of nitrogens with zero attached hydrogens (tertiary/aromatic N) is 2. The number of para-hydroxylation sites is 3. The SMILES string of the molecule is c1ccc([Si](c2ccccc2)(c2ccccc2)c2cccc(-c3cccc4c3sc3c(-n5c6ccccc6c6cc(-n7c8ccccc8c8ccccc87)ccc65)cccc34)c2)cc1. The molecule has 0 aliphatic carbocycles. The van der Waals surface area contributed by atoms with Gasteiger partial charge in [0, 0.05) is 42.7 Å². The van der Waals surface area contributed by atoms with Crippen LogP contribution in [0, 0.1) is 0 Å². The first-order valence-electron chi connectivity index (χ1n) is 22.0. The summed E-state index contributed by atoms with van der Waals surface area (Å²) < 4.78 is 7.52. The molecule has 0 spiro atoms. The maximum atomic E-state index is 2.50. The number of hydrogen-bond acceptors (Lipinski definition) is 1. The van der Waals surface area contributed by atoms with Gasteiger partial charge in [-0.2, -0.15) is 0 Å². The number of rotatable bonds is 7. The molecule has 0 saturated heterocycles. The standard InChI is InChI=1S/C60H40N2SSi/c1-4-20-43(21-5-1)64(44-22-6-2-7-23-44,45-24-8-3-9-25-45)46-26-16-19-41(39-46)47-30-17-31-51-52-32-18-36-58(60(52)63-59(47)51)62-56-35-15-12-29-50(56)53-40-42(37-38-57(53)62)61-54-33-13-10-27-48(54)49-28-11-14-34-55(49)61/h1-40H. The summed E-state index contributed by atoms with van der Waals surface area (Å²) >= 11 is 1.92. The van der Waals surface area contributed by atoms with Gasteiger partial charge in [-0.25, -0.2) is 0 Å². The second kappa shape index (κ2) is 14.7. The maximum absolute atomic E-state index is 2.71. The number of hydrogen-bond donors (Lipinski definition) is 0. The van der Waals surface area contributed by atoms with Gasteiger partial charge in [-0.15, -0.1) is 11.3 Å². The number of benzene rings is 10. The van der Waals surface area contributed by atoms with Crippen molar-refractivity contribution >= 4 is 104 Å². The first-order chi connectivity index (χ1) is 31.8. The zero-order valence-electron chi connectivity index (χ0n) is 34.9. The normalized spacial score (nSPS) is 12.1. The largest absolute Gasteiger partial charge is 0.309 e. The molecule has 0 bridgehead atoms. The molecule has 0 unspecified atom stereocenters. The lowest BCUT2D eigenvalue weighted by molar-refractivity contribution is 1.17. The monoisotopic (exact) mass is 848 g/mol. The molecule has 0 aliphatic heterocycles. The molecule has 2 nitrogen and oxygen atoms in total. The van der Waals surface area contributed by atoms with Crippen molar-refractivity contribution < 1.29 is 0 Å². The number of thiophene rings is 1. The second-order valence-corrected chi connectivity index (χ2v) is 21.6. The van der Waals surface area contributed by atoms with E-state index in [1.807, 2.05) is 11.3 Å². The van der Waals surface area contributed by atoms with Crippen LogP contribution < -0.4 is 20.7 Å². The zero-order valence-corrected chi connectivity index (χ0v) is 36.7. The van der Waals surface area contributed by atoms with Crippen molar-refractivity contribution in [1.29, 1.82) is 0 Å². The summed E-state index contributed by atoms with van der Waals surface area (Å²) in [6, 6.07) is 90.3. The van der Waals surface area contributed by atoms with E-state index < -0.39 is 8.07 Å². The van der Waals surface area contributed by atoms with Gasteiger partial charge in [-0.05, 0) is 74.3 Å². The quantitative estimate of drug-likeness (QED) is 0.112. The molecule has 0 amide bonds. The van der Waals surface area contributed by atoms with Crippen LogP contribution in [0.4, 0.5) is 0 Å². The minimum absolute atomic E-state index is 1.17. The van der Waals surface area contributed by atoms with Crippen LogP contribution >= 0.6 is 11.3 Å². The third kappa shape index (κ3) is 5.43. The van der Waals surface area contributed by atoms with Gasteiger partial charge in [-0.1, -0.05) is 200 Å². The average Bonchev–Trinajstić information content (AvgIpc) is 4.03. The fourth-order valence-corrected chi connectivity index (χ4v) is 16.9. The molecule has 300 valence electrons. The summed E-state index contributed by atoms with van der Waals surface area (Å²) in [5.41, 5.74) is 9.72. The van der Waals surface area contributed by atoms with E-state index in [0.717, 1.165) is 0 Å². The molecule has 10 aromatic carbocycles. The molecule has 0 aliphatic rings. The second-order valence-electron chi connectivity index (χ2n) is 16.8. The molecule has 4 heteroatoms. The van der Waals surface area contributed by atoms with Gasteiger partial charge in [-0.3, -0.25) is 0 Å². The van der Waals surface area contributed by atoms with Crippen molar-refractivity contribution in [3.8, 4) is 22.5 Å². The van der Waals surface area contributed by atoms with Gasteiger partial charge in [0.05, 0.1) is 32.5 Å². The Balaban J connectivity index is 1.01. The van der Waals surface area contributed by atoms with Gasteiger partial charge in [0.15, 0.2) is 8.07 Å². The van der Waals surface area contributed by atoms with E-state index in [0.29, 0.717) is 0 Å².